The highest BCUT2D eigenvalue weighted by molar-refractivity contribution is 5.76. The van der Waals surface area contributed by atoms with Crippen LogP contribution in [0.15, 0.2) is 24.3 Å². The first kappa shape index (κ1) is 9.02. The lowest BCUT2D eigenvalue weighted by atomic mass is 10.1. The van der Waals surface area contributed by atoms with Gasteiger partial charge in [-0.3, -0.25) is 0 Å². The fourth-order valence-electron chi connectivity index (χ4n) is 1.35. The van der Waals surface area contributed by atoms with E-state index in [9.17, 15) is 4.79 Å². The number of carbonyl (C=O) groups is 1. The molecule has 14 heavy (non-hydrogen) atoms. The molecule has 4 nitrogen and oxygen atoms in total. The Bertz CT molecular complexity index is 344. The van der Waals surface area contributed by atoms with Gasteiger partial charge in [-0.25, -0.2) is 4.79 Å². The standard InChI is InChI=1S/C10H10O4/c1-13-7-4-2-6(3-5-7)8-9(14-8)10(11)12/h2-5,8-9H,1H3,(H,11,12)/t8-,9+/m1/s1. The summed E-state index contributed by atoms with van der Waals surface area (Å²) < 4.78 is 9.98. The molecule has 1 aliphatic rings. The van der Waals surface area contributed by atoms with E-state index in [1.54, 1.807) is 19.2 Å². The summed E-state index contributed by atoms with van der Waals surface area (Å²) in [6.07, 6.45) is -0.971. The van der Waals surface area contributed by atoms with Gasteiger partial charge in [0.2, 0.25) is 0 Å². The second-order valence-electron chi connectivity index (χ2n) is 3.09. The quantitative estimate of drug-likeness (QED) is 0.735. The lowest BCUT2D eigenvalue weighted by molar-refractivity contribution is -0.138. The van der Waals surface area contributed by atoms with Gasteiger partial charge in [0.05, 0.1) is 7.11 Å². The van der Waals surface area contributed by atoms with Crippen LogP contribution in [0, 0.1) is 0 Å². The van der Waals surface area contributed by atoms with Crippen LogP contribution < -0.4 is 4.74 Å². The van der Waals surface area contributed by atoms with Crippen LogP contribution in [0.3, 0.4) is 0 Å². The second-order valence-corrected chi connectivity index (χ2v) is 3.09. The summed E-state index contributed by atoms with van der Waals surface area (Å²) in [6.45, 7) is 0. The van der Waals surface area contributed by atoms with Gasteiger partial charge in [-0.2, -0.15) is 0 Å². The predicted molar refractivity (Wildman–Crippen MR) is 48.2 cm³/mol. The number of benzene rings is 1. The first-order valence-electron chi connectivity index (χ1n) is 4.24. The molecule has 0 bridgehead atoms. The van der Waals surface area contributed by atoms with Crippen molar-refractivity contribution in [1.82, 2.24) is 0 Å². The van der Waals surface area contributed by atoms with E-state index in [1.807, 2.05) is 12.1 Å². The molecule has 1 aromatic carbocycles. The summed E-state index contributed by atoms with van der Waals surface area (Å²) in [5.41, 5.74) is 0.873. The van der Waals surface area contributed by atoms with Crippen LogP contribution in [0.2, 0.25) is 0 Å². The zero-order valence-electron chi connectivity index (χ0n) is 7.64. The molecule has 1 saturated heterocycles. The maximum Gasteiger partial charge on any atom is 0.335 e. The summed E-state index contributed by atoms with van der Waals surface area (Å²) in [4.78, 5) is 10.5. The zero-order valence-corrected chi connectivity index (χ0v) is 7.64. The summed E-state index contributed by atoms with van der Waals surface area (Å²) in [5.74, 6) is -0.160. The van der Waals surface area contributed by atoms with Gasteiger partial charge in [-0.15, -0.1) is 0 Å². The zero-order chi connectivity index (χ0) is 10.1. The maximum absolute atomic E-state index is 10.5. The van der Waals surface area contributed by atoms with Crippen LogP contribution >= 0.6 is 0 Å². The highest BCUT2D eigenvalue weighted by Gasteiger charge is 2.46. The van der Waals surface area contributed by atoms with E-state index in [1.165, 1.54) is 0 Å². The fourth-order valence-corrected chi connectivity index (χ4v) is 1.35. The summed E-state index contributed by atoms with van der Waals surface area (Å²) in [6, 6.07) is 7.20. The Morgan fingerprint density at radius 3 is 2.50 bits per heavy atom. The highest BCUT2D eigenvalue weighted by Crippen LogP contribution is 2.39. The van der Waals surface area contributed by atoms with Gasteiger partial charge in [0.15, 0.2) is 6.10 Å². The molecule has 0 radical (unpaired) electrons. The molecule has 0 amide bonds. The number of hydrogen-bond donors (Lipinski definition) is 1. The molecule has 0 spiro atoms. The minimum absolute atomic E-state index is 0.293. The van der Waals surface area contributed by atoms with Crippen molar-refractivity contribution >= 4 is 5.97 Å². The van der Waals surface area contributed by atoms with Crippen molar-refractivity contribution in [3.63, 3.8) is 0 Å². The Morgan fingerprint density at radius 1 is 1.43 bits per heavy atom. The Kier molecular flexibility index (Phi) is 2.13. The Hall–Kier alpha value is -1.55. The number of aliphatic carboxylic acids is 1. The van der Waals surface area contributed by atoms with Crippen LogP contribution in [-0.2, 0) is 9.53 Å². The molecule has 0 aromatic heterocycles. The smallest absolute Gasteiger partial charge is 0.335 e. The van der Waals surface area contributed by atoms with E-state index in [2.05, 4.69) is 0 Å². The molecular formula is C10H10O4. The van der Waals surface area contributed by atoms with Crippen LogP contribution in [0.1, 0.15) is 11.7 Å². The van der Waals surface area contributed by atoms with Crippen molar-refractivity contribution in [1.29, 1.82) is 0 Å². The molecule has 0 unspecified atom stereocenters. The first-order valence-corrected chi connectivity index (χ1v) is 4.24. The monoisotopic (exact) mass is 194 g/mol. The molecule has 4 heteroatoms. The molecule has 1 aromatic rings. The fraction of sp³-hybridized carbons (Fsp3) is 0.300. The van der Waals surface area contributed by atoms with Gasteiger partial charge in [0.1, 0.15) is 11.9 Å². The molecule has 1 aliphatic heterocycles. The molecule has 1 heterocycles. The molecule has 1 fully saturated rings. The predicted octanol–water partition coefficient (Wildman–Crippen LogP) is 1.22. The minimum Gasteiger partial charge on any atom is -0.497 e. The van der Waals surface area contributed by atoms with Crippen molar-refractivity contribution in [3.8, 4) is 5.75 Å². The summed E-state index contributed by atoms with van der Waals surface area (Å²) in [5, 5.41) is 8.64. The van der Waals surface area contributed by atoms with E-state index < -0.39 is 12.1 Å². The van der Waals surface area contributed by atoms with E-state index in [0.717, 1.165) is 11.3 Å². The highest BCUT2D eigenvalue weighted by atomic mass is 16.6. The average molecular weight is 194 g/mol. The topological polar surface area (TPSA) is 59.1 Å². The molecule has 1 N–H and O–H groups in total. The molecular weight excluding hydrogens is 184 g/mol. The van der Waals surface area contributed by atoms with Gasteiger partial charge >= 0.3 is 5.97 Å². The van der Waals surface area contributed by atoms with Crippen molar-refractivity contribution in [2.45, 2.75) is 12.2 Å². The summed E-state index contributed by atoms with van der Waals surface area (Å²) in [7, 11) is 1.59. The summed E-state index contributed by atoms with van der Waals surface area (Å²) >= 11 is 0. The van der Waals surface area contributed by atoms with Crippen LogP contribution in [0.4, 0.5) is 0 Å². The lowest BCUT2D eigenvalue weighted by Crippen LogP contribution is -2.04. The molecule has 2 atom stereocenters. The Labute approximate surface area is 81.1 Å². The van der Waals surface area contributed by atoms with Crippen molar-refractivity contribution in [3.05, 3.63) is 29.8 Å². The number of carboxylic acids is 1. The number of rotatable bonds is 3. The van der Waals surface area contributed by atoms with Gasteiger partial charge in [0, 0.05) is 0 Å². The third kappa shape index (κ3) is 1.56. The van der Waals surface area contributed by atoms with Crippen molar-refractivity contribution in [2.24, 2.45) is 0 Å². The Morgan fingerprint density at radius 2 is 2.07 bits per heavy atom. The van der Waals surface area contributed by atoms with E-state index in [4.69, 9.17) is 14.6 Å². The Balaban J connectivity index is 2.08. The third-order valence-electron chi connectivity index (χ3n) is 2.18. The number of epoxide rings is 1. The van der Waals surface area contributed by atoms with Gasteiger partial charge in [0.25, 0.3) is 0 Å². The van der Waals surface area contributed by atoms with Gasteiger partial charge in [-0.05, 0) is 17.7 Å². The van der Waals surface area contributed by atoms with E-state index in [-0.39, 0.29) is 6.10 Å². The van der Waals surface area contributed by atoms with Crippen molar-refractivity contribution in [2.75, 3.05) is 7.11 Å². The number of carboxylic acid groups (broad SMARTS) is 1. The SMILES string of the molecule is COc1ccc([C@H]2O[C@@H]2C(=O)O)cc1. The number of ether oxygens (including phenoxy) is 2. The van der Waals surface area contributed by atoms with Crippen LogP contribution in [0.25, 0.3) is 0 Å². The van der Waals surface area contributed by atoms with Gasteiger partial charge in [-0.1, -0.05) is 12.1 Å². The molecule has 74 valence electrons. The van der Waals surface area contributed by atoms with Crippen LogP contribution in [-0.4, -0.2) is 24.3 Å². The number of hydrogen-bond acceptors (Lipinski definition) is 3. The van der Waals surface area contributed by atoms with Crippen LogP contribution in [0.5, 0.6) is 5.75 Å². The minimum atomic E-state index is -0.911. The van der Waals surface area contributed by atoms with Crippen molar-refractivity contribution < 1.29 is 19.4 Å². The third-order valence-corrected chi connectivity index (χ3v) is 2.18. The normalized spacial score (nSPS) is 24.4. The second kappa shape index (κ2) is 3.31. The average Bonchev–Trinajstić information content (AvgIpc) is 2.97. The maximum atomic E-state index is 10.5. The number of methoxy groups -OCH3 is 1. The molecule has 0 aliphatic carbocycles. The largest absolute Gasteiger partial charge is 0.497 e. The molecule has 0 saturated carbocycles. The van der Waals surface area contributed by atoms with E-state index in [0.29, 0.717) is 0 Å². The molecule has 2 rings (SSSR count). The lowest BCUT2D eigenvalue weighted by Gasteiger charge is -1.99. The first-order chi connectivity index (χ1) is 6.72. The van der Waals surface area contributed by atoms with Gasteiger partial charge < -0.3 is 14.6 Å². The van der Waals surface area contributed by atoms with E-state index >= 15 is 0 Å².